The quantitative estimate of drug-likeness (QED) is 0.309. The van der Waals surface area contributed by atoms with Crippen molar-refractivity contribution in [2.75, 3.05) is 39.1 Å². The number of hydrogen-bond donors (Lipinski definition) is 2. The number of rotatable bonds is 11. The van der Waals surface area contributed by atoms with Crippen molar-refractivity contribution in [3.8, 4) is 5.75 Å². The summed E-state index contributed by atoms with van der Waals surface area (Å²) in [7, 11) is 1.65. The lowest BCUT2D eigenvalue weighted by Crippen LogP contribution is -2.42. The van der Waals surface area contributed by atoms with Gasteiger partial charge in [0.25, 0.3) is 0 Å². The number of likely N-dealkylation sites (tertiary alicyclic amines) is 1. The van der Waals surface area contributed by atoms with E-state index >= 15 is 0 Å². The Morgan fingerprint density at radius 1 is 1.27 bits per heavy atom. The van der Waals surface area contributed by atoms with Gasteiger partial charge in [0.1, 0.15) is 12.0 Å². The molecule has 1 saturated heterocycles. The Hall–Kier alpha value is -2.06. The smallest absolute Gasteiger partial charge is 0.119 e. The van der Waals surface area contributed by atoms with Crippen molar-refractivity contribution < 1.29 is 19.4 Å². The number of hydrogen-bond acceptors (Lipinski definition) is 7. The van der Waals surface area contributed by atoms with Crippen LogP contribution in [0.15, 0.2) is 58.4 Å². The summed E-state index contributed by atoms with van der Waals surface area (Å²) < 4.78 is 10.5. The van der Waals surface area contributed by atoms with Gasteiger partial charge in [0.15, 0.2) is 0 Å². The van der Waals surface area contributed by atoms with Crippen molar-refractivity contribution in [3.05, 3.63) is 54.6 Å². The van der Waals surface area contributed by atoms with Gasteiger partial charge in [-0.15, -0.1) is 11.8 Å². The Kier molecular flexibility index (Phi) is 8.67. The summed E-state index contributed by atoms with van der Waals surface area (Å²) in [6, 6.07) is 9.66. The van der Waals surface area contributed by atoms with Gasteiger partial charge >= 0.3 is 0 Å². The average molecular weight is 471 g/mol. The Labute approximate surface area is 200 Å². The van der Waals surface area contributed by atoms with Gasteiger partial charge in [0, 0.05) is 29.6 Å². The molecule has 1 aliphatic heterocycles. The maximum absolute atomic E-state index is 11.0. The second-order valence-corrected chi connectivity index (χ2v) is 10.00. The topological polar surface area (TPSA) is 79.0 Å². The SMILES string of the molecule is COc1ccc2nccc([C@H](O)CC[C@@H]3CCN(CCCSc4ccoc4)C[C@@H]3CO)c2c1. The fraction of sp³-hybridized carbons (Fsp3) is 0.500. The van der Waals surface area contributed by atoms with Crippen LogP contribution >= 0.6 is 11.8 Å². The number of piperidine rings is 1. The first kappa shape index (κ1) is 24.1. The molecule has 33 heavy (non-hydrogen) atoms. The van der Waals surface area contributed by atoms with E-state index in [2.05, 4.69) is 9.88 Å². The van der Waals surface area contributed by atoms with Crippen LogP contribution in [0.2, 0.25) is 0 Å². The Morgan fingerprint density at radius 2 is 2.18 bits per heavy atom. The zero-order chi connectivity index (χ0) is 23.0. The monoisotopic (exact) mass is 470 g/mol. The molecule has 0 radical (unpaired) electrons. The van der Waals surface area contributed by atoms with Crippen molar-refractivity contribution in [3.63, 3.8) is 0 Å². The summed E-state index contributed by atoms with van der Waals surface area (Å²) >= 11 is 1.83. The number of thioether (sulfide) groups is 1. The second kappa shape index (κ2) is 11.9. The molecule has 1 aromatic carbocycles. The maximum Gasteiger partial charge on any atom is 0.119 e. The molecule has 0 saturated carbocycles. The molecular formula is C26H34N2O4S. The van der Waals surface area contributed by atoms with E-state index in [1.807, 2.05) is 42.1 Å². The third-order valence-corrected chi connectivity index (χ3v) is 7.80. The third kappa shape index (κ3) is 6.29. The van der Waals surface area contributed by atoms with Gasteiger partial charge in [0.05, 0.1) is 25.0 Å². The highest BCUT2D eigenvalue weighted by atomic mass is 32.2. The van der Waals surface area contributed by atoms with Gasteiger partial charge < -0.3 is 24.3 Å². The molecule has 3 atom stereocenters. The predicted molar refractivity (Wildman–Crippen MR) is 132 cm³/mol. The van der Waals surface area contributed by atoms with Crippen LogP contribution in [-0.2, 0) is 0 Å². The molecule has 7 heteroatoms. The van der Waals surface area contributed by atoms with Crippen molar-refractivity contribution in [2.45, 2.75) is 36.7 Å². The van der Waals surface area contributed by atoms with E-state index < -0.39 is 6.10 Å². The number of benzene rings is 1. The van der Waals surface area contributed by atoms with Crippen LogP contribution in [0.5, 0.6) is 5.75 Å². The number of ether oxygens (including phenoxy) is 1. The van der Waals surface area contributed by atoms with E-state index in [4.69, 9.17) is 9.15 Å². The van der Waals surface area contributed by atoms with Crippen molar-refractivity contribution in [1.82, 2.24) is 9.88 Å². The molecule has 0 unspecified atom stereocenters. The molecule has 178 valence electrons. The highest BCUT2D eigenvalue weighted by Gasteiger charge is 2.29. The van der Waals surface area contributed by atoms with Gasteiger partial charge in [-0.3, -0.25) is 4.98 Å². The van der Waals surface area contributed by atoms with Gasteiger partial charge in [-0.25, -0.2) is 0 Å². The molecular weight excluding hydrogens is 436 g/mol. The van der Waals surface area contributed by atoms with Crippen LogP contribution in [0.3, 0.4) is 0 Å². The molecule has 0 aliphatic carbocycles. The average Bonchev–Trinajstić information content (AvgIpc) is 3.38. The molecule has 1 fully saturated rings. The molecule has 3 heterocycles. The normalized spacial score (nSPS) is 20.2. The first-order valence-electron chi connectivity index (χ1n) is 11.8. The fourth-order valence-corrected chi connectivity index (χ4v) is 5.63. The molecule has 2 N–H and O–H groups in total. The molecule has 2 aromatic heterocycles. The van der Waals surface area contributed by atoms with Gasteiger partial charge in [0.2, 0.25) is 0 Å². The lowest BCUT2D eigenvalue weighted by Gasteiger charge is -2.38. The van der Waals surface area contributed by atoms with E-state index in [0.29, 0.717) is 12.3 Å². The van der Waals surface area contributed by atoms with Crippen LogP contribution in [-0.4, -0.2) is 59.2 Å². The van der Waals surface area contributed by atoms with E-state index in [0.717, 1.165) is 66.9 Å². The Morgan fingerprint density at radius 3 is 2.97 bits per heavy atom. The maximum atomic E-state index is 11.0. The zero-order valence-electron chi connectivity index (χ0n) is 19.2. The van der Waals surface area contributed by atoms with Crippen molar-refractivity contribution in [2.24, 2.45) is 11.8 Å². The summed E-state index contributed by atoms with van der Waals surface area (Å²) in [4.78, 5) is 8.08. The molecule has 0 spiro atoms. The zero-order valence-corrected chi connectivity index (χ0v) is 20.0. The van der Waals surface area contributed by atoms with Crippen LogP contribution in [0.25, 0.3) is 10.9 Å². The molecule has 6 nitrogen and oxygen atoms in total. The Bertz CT molecular complexity index is 997. The van der Waals surface area contributed by atoms with Crippen molar-refractivity contribution in [1.29, 1.82) is 0 Å². The predicted octanol–water partition coefficient (Wildman–Crippen LogP) is 4.76. The van der Waals surface area contributed by atoms with E-state index in [-0.39, 0.29) is 12.5 Å². The second-order valence-electron chi connectivity index (χ2n) is 8.83. The minimum atomic E-state index is -0.556. The standard InChI is InChI=1S/C26H34N2O4S/c1-31-21-4-5-25-24(15-21)23(7-10-27-25)26(30)6-3-19-8-12-28(16-20(19)17-29)11-2-14-33-22-9-13-32-18-22/h4-5,7,9-10,13,15,18-20,26,29-30H,2-3,6,8,11-12,14,16-17H2,1H3/t19-,20-,26-/m1/s1. The Balaban J connectivity index is 1.27. The first-order chi connectivity index (χ1) is 16.2. The summed E-state index contributed by atoms with van der Waals surface area (Å²) in [6.45, 7) is 3.25. The number of aromatic nitrogens is 1. The number of methoxy groups -OCH3 is 1. The molecule has 0 bridgehead atoms. The fourth-order valence-electron chi connectivity index (χ4n) is 4.85. The van der Waals surface area contributed by atoms with Crippen LogP contribution in [0.4, 0.5) is 0 Å². The summed E-state index contributed by atoms with van der Waals surface area (Å²) in [5, 5.41) is 22.0. The summed E-state index contributed by atoms with van der Waals surface area (Å²) in [5.41, 5.74) is 1.76. The number of pyridine rings is 1. The number of furan rings is 1. The van der Waals surface area contributed by atoms with Gasteiger partial charge in [-0.1, -0.05) is 0 Å². The van der Waals surface area contributed by atoms with E-state index in [1.165, 1.54) is 4.90 Å². The van der Waals surface area contributed by atoms with Crippen LogP contribution in [0.1, 0.15) is 37.4 Å². The largest absolute Gasteiger partial charge is 0.497 e. The lowest BCUT2D eigenvalue weighted by atomic mass is 9.81. The summed E-state index contributed by atoms with van der Waals surface area (Å²) in [5.74, 6) is 2.53. The molecule has 0 amide bonds. The molecule has 4 rings (SSSR count). The number of aliphatic hydroxyl groups is 2. The minimum Gasteiger partial charge on any atom is -0.497 e. The van der Waals surface area contributed by atoms with E-state index in [9.17, 15) is 10.2 Å². The van der Waals surface area contributed by atoms with Gasteiger partial charge in [-0.2, -0.15) is 0 Å². The van der Waals surface area contributed by atoms with Crippen molar-refractivity contribution >= 4 is 22.7 Å². The highest BCUT2D eigenvalue weighted by molar-refractivity contribution is 7.99. The first-order valence-corrected chi connectivity index (χ1v) is 12.8. The third-order valence-electron chi connectivity index (χ3n) is 6.74. The highest BCUT2D eigenvalue weighted by Crippen LogP contribution is 2.33. The summed E-state index contributed by atoms with van der Waals surface area (Å²) in [6.07, 6.45) is 8.48. The number of nitrogens with zero attached hydrogens (tertiary/aromatic N) is 2. The molecule has 3 aromatic rings. The minimum absolute atomic E-state index is 0.205. The number of fused-ring (bicyclic) bond motifs is 1. The molecule has 1 aliphatic rings. The number of aliphatic hydroxyl groups excluding tert-OH is 2. The lowest BCUT2D eigenvalue weighted by molar-refractivity contribution is 0.0581. The van der Waals surface area contributed by atoms with Crippen LogP contribution in [0, 0.1) is 11.8 Å². The van der Waals surface area contributed by atoms with Gasteiger partial charge in [-0.05, 0) is 92.3 Å². The van der Waals surface area contributed by atoms with Crippen LogP contribution < -0.4 is 4.74 Å². The van der Waals surface area contributed by atoms with E-state index in [1.54, 1.807) is 25.8 Å².